The predicted molar refractivity (Wildman–Crippen MR) is 86.5 cm³/mol. The minimum atomic E-state index is -0.266. The van der Waals surface area contributed by atoms with Crippen molar-refractivity contribution in [3.05, 3.63) is 41.6 Å². The molecule has 0 aliphatic carbocycles. The van der Waals surface area contributed by atoms with Gasteiger partial charge in [-0.15, -0.1) is 0 Å². The molecule has 8 nitrogen and oxygen atoms in total. The summed E-state index contributed by atoms with van der Waals surface area (Å²) < 4.78 is 5.52. The van der Waals surface area contributed by atoms with E-state index in [1.54, 1.807) is 23.2 Å². The molecule has 8 heteroatoms. The van der Waals surface area contributed by atoms with Crippen molar-refractivity contribution in [3.63, 3.8) is 0 Å². The van der Waals surface area contributed by atoms with E-state index in [9.17, 15) is 9.59 Å². The highest BCUT2D eigenvalue weighted by Crippen LogP contribution is 2.24. The molecule has 0 radical (unpaired) electrons. The number of aromatic nitrogens is 3. The second-order valence-corrected chi connectivity index (χ2v) is 5.65. The van der Waals surface area contributed by atoms with E-state index in [-0.39, 0.29) is 17.9 Å². The molecule has 0 spiro atoms. The zero-order valence-electron chi connectivity index (χ0n) is 13.6. The fourth-order valence-corrected chi connectivity index (χ4v) is 2.65. The van der Waals surface area contributed by atoms with E-state index < -0.39 is 0 Å². The number of H-pyrrole nitrogens is 1. The molecule has 0 bridgehead atoms. The number of amides is 2. The fraction of sp³-hybridized carbons (Fsp3) is 0.375. The predicted octanol–water partition coefficient (Wildman–Crippen LogP) is 1.29. The fourth-order valence-electron chi connectivity index (χ4n) is 2.65. The van der Waals surface area contributed by atoms with Crippen molar-refractivity contribution in [1.29, 1.82) is 0 Å². The molecule has 24 heavy (non-hydrogen) atoms. The lowest BCUT2D eigenvalue weighted by Crippen LogP contribution is -2.43. The minimum absolute atomic E-state index is 0.147. The average Bonchev–Trinajstić information content (AvgIpc) is 3.00. The molecule has 2 amide bonds. The van der Waals surface area contributed by atoms with Crippen molar-refractivity contribution in [2.75, 3.05) is 25.1 Å². The molecule has 3 heterocycles. The Balaban J connectivity index is 1.85. The summed E-state index contributed by atoms with van der Waals surface area (Å²) in [4.78, 5) is 37.3. The van der Waals surface area contributed by atoms with E-state index in [1.807, 2.05) is 6.92 Å². The minimum Gasteiger partial charge on any atom is -0.377 e. The van der Waals surface area contributed by atoms with Gasteiger partial charge in [0.25, 0.3) is 5.91 Å². The third-order valence-corrected chi connectivity index (χ3v) is 3.74. The SMILES string of the molecule is CC(=O)Nc1cc(C(=O)N2CCOC[C@H]2c2ncc(C)[nH]2)ccn1. The number of nitrogens with one attached hydrogen (secondary N) is 2. The van der Waals surface area contributed by atoms with Crippen molar-refractivity contribution in [1.82, 2.24) is 19.9 Å². The lowest BCUT2D eigenvalue weighted by atomic mass is 10.1. The van der Waals surface area contributed by atoms with Crippen molar-refractivity contribution in [2.24, 2.45) is 0 Å². The number of anilines is 1. The highest BCUT2D eigenvalue weighted by Gasteiger charge is 2.31. The number of ether oxygens (including phenoxy) is 1. The normalized spacial score (nSPS) is 17.6. The number of carbonyl (C=O) groups excluding carboxylic acids is 2. The van der Waals surface area contributed by atoms with Crippen LogP contribution in [0.2, 0.25) is 0 Å². The number of morpholine rings is 1. The number of imidazole rings is 1. The van der Waals surface area contributed by atoms with Crippen LogP contribution in [0.4, 0.5) is 5.82 Å². The number of aromatic amines is 1. The van der Waals surface area contributed by atoms with Crippen LogP contribution in [0, 0.1) is 6.92 Å². The van der Waals surface area contributed by atoms with Gasteiger partial charge in [0.2, 0.25) is 5.91 Å². The summed E-state index contributed by atoms with van der Waals surface area (Å²) in [7, 11) is 0. The Hall–Kier alpha value is -2.74. The number of hydrogen-bond acceptors (Lipinski definition) is 5. The molecule has 3 rings (SSSR count). The number of carbonyl (C=O) groups is 2. The lowest BCUT2D eigenvalue weighted by Gasteiger charge is -2.34. The van der Waals surface area contributed by atoms with Gasteiger partial charge in [-0.25, -0.2) is 9.97 Å². The van der Waals surface area contributed by atoms with E-state index in [0.717, 1.165) is 5.69 Å². The Labute approximate surface area is 139 Å². The van der Waals surface area contributed by atoms with Crippen molar-refractivity contribution in [3.8, 4) is 0 Å². The third-order valence-electron chi connectivity index (χ3n) is 3.74. The largest absolute Gasteiger partial charge is 0.377 e. The molecule has 1 aliphatic heterocycles. The molecule has 126 valence electrons. The molecular weight excluding hydrogens is 310 g/mol. The van der Waals surface area contributed by atoms with Gasteiger partial charge in [-0.2, -0.15) is 0 Å². The lowest BCUT2D eigenvalue weighted by molar-refractivity contribution is -0.114. The third kappa shape index (κ3) is 3.43. The summed E-state index contributed by atoms with van der Waals surface area (Å²) in [6, 6.07) is 2.94. The Kier molecular flexibility index (Phi) is 4.57. The summed E-state index contributed by atoms with van der Waals surface area (Å²) in [5.41, 5.74) is 1.39. The number of rotatable bonds is 3. The van der Waals surface area contributed by atoms with Crippen LogP contribution in [0.25, 0.3) is 0 Å². The average molecular weight is 329 g/mol. The maximum absolute atomic E-state index is 12.9. The van der Waals surface area contributed by atoms with E-state index in [2.05, 4.69) is 20.3 Å². The second kappa shape index (κ2) is 6.79. The molecule has 1 fully saturated rings. The molecule has 0 aromatic carbocycles. The van der Waals surface area contributed by atoms with Gasteiger partial charge in [-0.3, -0.25) is 9.59 Å². The Morgan fingerprint density at radius 3 is 2.96 bits per heavy atom. The van der Waals surface area contributed by atoms with Gasteiger partial charge in [0.1, 0.15) is 17.7 Å². The first-order valence-corrected chi connectivity index (χ1v) is 7.68. The van der Waals surface area contributed by atoms with Crippen LogP contribution < -0.4 is 5.32 Å². The molecule has 2 aromatic rings. The molecule has 0 unspecified atom stereocenters. The van der Waals surface area contributed by atoms with Gasteiger partial charge in [0.15, 0.2) is 0 Å². The van der Waals surface area contributed by atoms with Gasteiger partial charge in [0, 0.05) is 37.1 Å². The summed E-state index contributed by atoms with van der Waals surface area (Å²) in [6.45, 7) is 4.65. The second-order valence-electron chi connectivity index (χ2n) is 5.65. The zero-order valence-corrected chi connectivity index (χ0v) is 13.6. The standard InChI is InChI=1S/C16H19N5O3/c1-10-8-18-15(19-10)13-9-24-6-5-21(13)16(23)12-3-4-17-14(7-12)20-11(2)22/h3-4,7-8,13H,5-6,9H2,1-2H3,(H,18,19)(H,17,20,22)/t13-/m0/s1. The van der Waals surface area contributed by atoms with Crippen molar-refractivity contribution in [2.45, 2.75) is 19.9 Å². The first-order valence-electron chi connectivity index (χ1n) is 7.68. The van der Waals surface area contributed by atoms with Gasteiger partial charge >= 0.3 is 0 Å². The van der Waals surface area contributed by atoms with Gasteiger partial charge < -0.3 is 19.9 Å². The maximum atomic E-state index is 12.9. The number of aryl methyl sites for hydroxylation is 1. The first-order chi connectivity index (χ1) is 11.5. The molecule has 1 saturated heterocycles. The Morgan fingerprint density at radius 1 is 1.42 bits per heavy atom. The van der Waals surface area contributed by atoms with Crippen LogP contribution in [0.3, 0.4) is 0 Å². The molecule has 2 N–H and O–H groups in total. The van der Waals surface area contributed by atoms with Gasteiger partial charge in [0.05, 0.1) is 13.2 Å². The summed E-state index contributed by atoms with van der Waals surface area (Å²) in [5.74, 6) is 0.678. The van der Waals surface area contributed by atoms with E-state index in [4.69, 9.17) is 4.74 Å². The zero-order chi connectivity index (χ0) is 17.1. The monoisotopic (exact) mass is 329 g/mol. The highest BCUT2D eigenvalue weighted by molar-refractivity contribution is 5.96. The van der Waals surface area contributed by atoms with Crippen molar-refractivity contribution < 1.29 is 14.3 Å². The Bertz CT molecular complexity index is 758. The first kappa shape index (κ1) is 16.1. The van der Waals surface area contributed by atoms with Crippen LogP contribution >= 0.6 is 0 Å². The molecular formula is C16H19N5O3. The topological polar surface area (TPSA) is 100 Å². The van der Waals surface area contributed by atoms with Crippen LogP contribution in [-0.4, -0.2) is 51.4 Å². The van der Waals surface area contributed by atoms with E-state index in [0.29, 0.717) is 37.0 Å². The Morgan fingerprint density at radius 2 is 2.25 bits per heavy atom. The van der Waals surface area contributed by atoms with Crippen LogP contribution in [0.1, 0.15) is 34.8 Å². The van der Waals surface area contributed by atoms with Crippen LogP contribution in [-0.2, 0) is 9.53 Å². The summed E-state index contributed by atoms with van der Waals surface area (Å²) >= 11 is 0. The summed E-state index contributed by atoms with van der Waals surface area (Å²) in [5, 5.41) is 2.59. The summed E-state index contributed by atoms with van der Waals surface area (Å²) in [6.07, 6.45) is 3.24. The van der Waals surface area contributed by atoms with E-state index in [1.165, 1.54) is 13.1 Å². The molecule has 1 aliphatic rings. The highest BCUT2D eigenvalue weighted by atomic mass is 16.5. The number of hydrogen-bond donors (Lipinski definition) is 2. The maximum Gasteiger partial charge on any atom is 0.254 e. The van der Waals surface area contributed by atoms with E-state index >= 15 is 0 Å². The van der Waals surface area contributed by atoms with Crippen LogP contribution in [0.15, 0.2) is 24.5 Å². The molecule has 1 atom stereocenters. The van der Waals surface area contributed by atoms with Gasteiger partial charge in [-0.1, -0.05) is 0 Å². The smallest absolute Gasteiger partial charge is 0.254 e. The molecule has 0 saturated carbocycles. The molecule has 2 aromatic heterocycles. The quantitative estimate of drug-likeness (QED) is 0.883. The van der Waals surface area contributed by atoms with Crippen LogP contribution in [0.5, 0.6) is 0 Å². The number of nitrogens with zero attached hydrogens (tertiary/aromatic N) is 3. The van der Waals surface area contributed by atoms with Gasteiger partial charge in [-0.05, 0) is 19.1 Å². The number of pyridine rings is 1. The van der Waals surface area contributed by atoms with Crippen molar-refractivity contribution >= 4 is 17.6 Å².